The third-order valence-electron chi connectivity index (χ3n) is 2.06. The molecule has 0 aromatic heterocycles. The SMILES string of the molecule is CC.CC(C)(C)OC(N)=O.NC1CCCCC1. The first-order chi connectivity index (χ1) is 7.81. The predicted molar refractivity (Wildman–Crippen MR) is 72.8 cm³/mol. The normalized spacial score (nSPS) is 15.9. The second-order valence-corrected chi connectivity index (χ2v) is 4.93. The van der Waals surface area contributed by atoms with Gasteiger partial charge >= 0.3 is 6.09 Å². The first kappa shape index (κ1) is 18.6. The van der Waals surface area contributed by atoms with Crippen molar-refractivity contribution in [2.75, 3.05) is 0 Å². The molecular weight excluding hydrogens is 216 g/mol. The van der Waals surface area contributed by atoms with Gasteiger partial charge in [-0.05, 0) is 33.6 Å². The topological polar surface area (TPSA) is 78.3 Å². The largest absolute Gasteiger partial charge is 0.444 e. The molecule has 1 aliphatic carbocycles. The van der Waals surface area contributed by atoms with Gasteiger partial charge in [-0.1, -0.05) is 33.1 Å². The van der Waals surface area contributed by atoms with Crippen molar-refractivity contribution in [3.8, 4) is 0 Å². The summed E-state index contributed by atoms with van der Waals surface area (Å²) in [5.74, 6) is 0. The van der Waals surface area contributed by atoms with E-state index < -0.39 is 11.7 Å². The Morgan fingerprint density at radius 1 is 1.12 bits per heavy atom. The molecular formula is C13H30N2O2. The van der Waals surface area contributed by atoms with Gasteiger partial charge in [0.05, 0.1) is 0 Å². The fourth-order valence-electron chi connectivity index (χ4n) is 1.44. The van der Waals surface area contributed by atoms with Crippen molar-refractivity contribution in [1.82, 2.24) is 0 Å². The van der Waals surface area contributed by atoms with E-state index in [0.29, 0.717) is 6.04 Å². The molecule has 1 fully saturated rings. The lowest BCUT2D eigenvalue weighted by molar-refractivity contribution is 0.0600. The molecule has 0 bridgehead atoms. The molecule has 1 aliphatic rings. The van der Waals surface area contributed by atoms with Crippen molar-refractivity contribution in [3.05, 3.63) is 0 Å². The molecule has 0 heterocycles. The minimum Gasteiger partial charge on any atom is -0.444 e. The quantitative estimate of drug-likeness (QED) is 0.689. The number of hydrogen-bond acceptors (Lipinski definition) is 3. The van der Waals surface area contributed by atoms with Crippen LogP contribution < -0.4 is 11.5 Å². The minimum absolute atomic E-state index is 0.453. The molecule has 0 aliphatic heterocycles. The lowest BCUT2D eigenvalue weighted by atomic mass is 9.97. The summed E-state index contributed by atoms with van der Waals surface area (Å²) in [6.07, 6.45) is 5.94. The summed E-state index contributed by atoms with van der Waals surface area (Å²) in [7, 11) is 0. The molecule has 0 atom stereocenters. The van der Waals surface area contributed by atoms with Gasteiger partial charge in [0.15, 0.2) is 0 Å². The minimum atomic E-state index is -0.725. The summed E-state index contributed by atoms with van der Waals surface area (Å²) in [5.41, 5.74) is 9.90. The number of nitrogens with two attached hydrogens (primary N) is 2. The number of primary amides is 1. The molecule has 17 heavy (non-hydrogen) atoms. The third kappa shape index (κ3) is 17.8. The zero-order chi connectivity index (χ0) is 13.9. The van der Waals surface area contributed by atoms with Gasteiger partial charge in [-0.25, -0.2) is 4.79 Å². The average Bonchev–Trinajstić information content (AvgIpc) is 2.19. The Morgan fingerprint density at radius 2 is 1.53 bits per heavy atom. The van der Waals surface area contributed by atoms with Gasteiger partial charge in [0.1, 0.15) is 5.60 Å². The van der Waals surface area contributed by atoms with E-state index in [4.69, 9.17) is 11.5 Å². The first-order valence-electron chi connectivity index (χ1n) is 6.55. The maximum Gasteiger partial charge on any atom is 0.405 e. The smallest absolute Gasteiger partial charge is 0.405 e. The van der Waals surface area contributed by atoms with E-state index in [1.165, 1.54) is 32.1 Å². The van der Waals surface area contributed by atoms with Gasteiger partial charge in [0, 0.05) is 6.04 Å². The molecule has 4 nitrogen and oxygen atoms in total. The van der Waals surface area contributed by atoms with E-state index in [2.05, 4.69) is 4.74 Å². The summed E-state index contributed by atoms with van der Waals surface area (Å²) in [4.78, 5) is 10.0. The standard InChI is InChI=1S/C6H13N.C5H11NO2.C2H6/c7-6-4-2-1-3-5-6;1-5(2,3)8-4(6)7;1-2/h6H,1-5,7H2;1-3H3,(H2,6,7);1-2H3. The van der Waals surface area contributed by atoms with Crippen LogP contribution in [-0.2, 0) is 4.74 Å². The Morgan fingerprint density at radius 3 is 1.65 bits per heavy atom. The fraction of sp³-hybridized carbons (Fsp3) is 0.923. The monoisotopic (exact) mass is 246 g/mol. The van der Waals surface area contributed by atoms with Gasteiger partial charge in [0.25, 0.3) is 0 Å². The van der Waals surface area contributed by atoms with Crippen molar-refractivity contribution < 1.29 is 9.53 Å². The number of hydrogen-bond donors (Lipinski definition) is 2. The van der Waals surface area contributed by atoms with Crippen LogP contribution in [0, 0.1) is 0 Å². The third-order valence-corrected chi connectivity index (χ3v) is 2.06. The molecule has 1 rings (SSSR count). The summed E-state index contributed by atoms with van der Waals surface area (Å²) < 4.78 is 4.58. The lowest BCUT2D eigenvalue weighted by Crippen LogP contribution is -2.27. The highest BCUT2D eigenvalue weighted by atomic mass is 16.6. The first-order valence-corrected chi connectivity index (χ1v) is 6.55. The Bertz CT molecular complexity index is 182. The molecule has 0 unspecified atom stereocenters. The Kier molecular flexibility index (Phi) is 11.4. The van der Waals surface area contributed by atoms with Crippen LogP contribution in [0.4, 0.5) is 4.79 Å². The van der Waals surface area contributed by atoms with Gasteiger partial charge in [-0.3, -0.25) is 0 Å². The van der Waals surface area contributed by atoms with E-state index in [9.17, 15) is 4.79 Å². The highest BCUT2D eigenvalue weighted by molar-refractivity contribution is 5.65. The molecule has 0 radical (unpaired) electrons. The highest BCUT2D eigenvalue weighted by Gasteiger charge is 2.12. The number of ether oxygens (including phenoxy) is 1. The van der Waals surface area contributed by atoms with Crippen LogP contribution in [0.1, 0.15) is 66.7 Å². The Balaban J connectivity index is 0. The maximum atomic E-state index is 10.0. The van der Waals surface area contributed by atoms with Gasteiger partial charge in [-0.15, -0.1) is 0 Å². The summed E-state index contributed by atoms with van der Waals surface area (Å²) in [5, 5.41) is 0. The Hall–Kier alpha value is -0.770. The molecule has 1 amide bonds. The number of rotatable bonds is 0. The van der Waals surface area contributed by atoms with Crippen molar-refractivity contribution >= 4 is 6.09 Å². The van der Waals surface area contributed by atoms with Gasteiger partial charge < -0.3 is 16.2 Å². The van der Waals surface area contributed by atoms with Crippen LogP contribution in [0.15, 0.2) is 0 Å². The molecule has 0 spiro atoms. The van der Waals surface area contributed by atoms with Gasteiger partial charge in [-0.2, -0.15) is 0 Å². The maximum absolute atomic E-state index is 10.0. The Labute approximate surface area is 106 Å². The average molecular weight is 246 g/mol. The molecule has 0 aromatic rings. The molecule has 104 valence electrons. The second kappa shape index (κ2) is 10.4. The number of carbonyl (C=O) groups is 1. The molecule has 0 aromatic carbocycles. The van der Waals surface area contributed by atoms with E-state index >= 15 is 0 Å². The van der Waals surface area contributed by atoms with Crippen molar-refractivity contribution in [2.24, 2.45) is 11.5 Å². The van der Waals surface area contributed by atoms with Crippen LogP contribution in [0.3, 0.4) is 0 Å². The van der Waals surface area contributed by atoms with Crippen LogP contribution in [0.2, 0.25) is 0 Å². The summed E-state index contributed by atoms with van der Waals surface area (Å²) in [6.45, 7) is 9.28. The van der Waals surface area contributed by atoms with E-state index in [1.54, 1.807) is 20.8 Å². The van der Waals surface area contributed by atoms with Crippen molar-refractivity contribution in [1.29, 1.82) is 0 Å². The van der Waals surface area contributed by atoms with Crippen LogP contribution in [0.5, 0.6) is 0 Å². The van der Waals surface area contributed by atoms with Crippen LogP contribution in [-0.4, -0.2) is 17.7 Å². The zero-order valence-electron chi connectivity index (χ0n) is 12.1. The zero-order valence-corrected chi connectivity index (χ0v) is 12.1. The van der Waals surface area contributed by atoms with E-state index in [-0.39, 0.29) is 0 Å². The van der Waals surface area contributed by atoms with Crippen molar-refractivity contribution in [2.45, 2.75) is 78.4 Å². The lowest BCUT2D eigenvalue weighted by Gasteiger charge is -2.16. The summed E-state index contributed by atoms with van der Waals surface area (Å²) >= 11 is 0. The fourth-order valence-corrected chi connectivity index (χ4v) is 1.44. The van der Waals surface area contributed by atoms with Crippen molar-refractivity contribution in [3.63, 3.8) is 0 Å². The van der Waals surface area contributed by atoms with Crippen LogP contribution in [0.25, 0.3) is 0 Å². The highest BCUT2D eigenvalue weighted by Crippen LogP contribution is 2.14. The number of carbonyl (C=O) groups excluding carboxylic acids is 1. The van der Waals surface area contributed by atoms with Crippen LogP contribution >= 0.6 is 0 Å². The molecule has 1 saturated carbocycles. The molecule has 4 heteroatoms. The number of amides is 1. The second-order valence-electron chi connectivity index (χ2n) is 4.93. The van der Waals surface area contributed by atoms with E-state index in [0.717, 1.165) is 0 Å². The summed E-state index contributed by atoms with van der Waals surface area (Å²) in [6, 6.07) is 0.536. The molecule has 0 saturated heterocycles. The van der Waals surface area contributed by atoms with Gasteiger partial charge in [0.2, 0.25) is 0 Å². The van der Waals surface area contributed by atoms with E-state index in [1.807, 2.05) is 13.8 Å². The molecule has 4 N–H and O–H groups in total. The predicted octanol–water partition coefficient (Wildman–Crippen LogP) is 3.18.